The second kappa shape index (κ2) is 8.43. The van der Waals surface area contributed by atoms with Gasteiger partial charge in [-0.15, -0.1) is 0 Å². The zero-order chi connectivity index (χ0) is 21.0. The number of aryl methyl sites for hydroxylation is 1. The second-order valence-electron chi connectivity index (χ2n) is 6.64. The lowest BCUT2D eigenvalue weighted by Gasteiger charge is -2.20. The van der Waals surface area contributed by atoms with Gasteiger partial charge in [0, 0.05) is 36.4 Å². The van der Waals surface area contributed by atoms with Crippen LogP contribution < -0.4 is 5.56 Å². The molecule has 1 aromatic carbocycles. The molecule has 0 bridgehead atoms. The van der Waals surface area contributed by atoms with Crippen LogP contribution in [0.2, 0.25) is 0 Å². The highest BCUT2D eigenvalue weighted by Crippen LogP contribution is 2.34. The van der Waals surface area contributed by atoms with Crippen molar-refractivity contribution in [3.63, 3.8) is 0 Å². The normalized spacial score (nSPS) is 12.6. The number of nitrogens with zero attached hydrogens (tertiary/aromatic N) is 1. The minimum absolute atomic E-state index is 0.0153. The predicted molar refractivity (Wildman–Crippen MR) is 103 cm³/mol. The molecule has 150 valence electrons. The molecule has 0 amide bonds. The number of H-pyrrole nitrogens is 1. The Morgan fingerprint density at radius 3 is 2.41 bits per heavy atom. The van der Waals surface area contributed by atoms with E-state index in [1.54, 1.807) is 12.3 Å². The quantitative estimate of drug-likeness (QED) is 0.607. The fraction of sp³-hybridized carbons (Fsp3) is 0.227. The first-order valence-corrected chi connectivity index (χ1v) is 9.12. The van der Waals surface area contributed by atoms with Gasteiger partial charge in [0.15, 0.2) is 5.78 Å². The van der Waals surface area contributed by atoms with Crippen molar-refractivity contribution in [1.82, 2.24) is 9.97 Å². The first kappa shape index (κ1) is 20.5. The van der Waals surface area contributed by atoms with E-state index in [1.807, 2.05) is 13.0 Å². The molecule has 0 unspecified atom stereocenters. The van der Waals surface area contributed by atoms with Gasteiger partial charge in [0.05, 0.1) is 11.3 Å². The molecule has 29 heavy (non-hydrogen) atoms. The lowest BCUT2D eigenvalue weighted by atomic mass is 9.86. The maximum Gasteiger partial charge on any atom is 0.416 e. The number of benzene rings is 1. The van der Waals surface area contributed by atoms with Crippen LogP contribution in [0.15, 0.2) is 65.7 Å². The largest absolute Gasteiger partial charge is 0.416 e. The van der Waals surface area contributed by atoms with Gasteiger partial charge < -0.3 is 4.98 Å². The van der Waals surface area contributed by atoms with Crippen LogP contribution in [-0.2, 0) is 12.6 Å². The number of nitrogens with one attached hydrogen (secondary N) is 1. The Balaban J connectivity index is 2.01. The third-order valence-electron chi connectivity index (χ3n) is 4.77. The van der Waals surface area contributed by atoms with Crippen molar-refractivity contribution >= 4 is 5.78 Å². The summed E-state index contributed by atoms with van der Waals surface area (Å²) in [5, 5.41) is 0. The van der Waals surface area contributed by atoms with Gasteiger partial charge in [-0.05, 0) is 41.8 Å². The van der Waals surface area contributed by atoms with E-state index in [0.29, 0.717) is 23.2 Å². The molecule has 0 saturated carbocycles. The molecule has 0 aliphatic heterocycles. The molecule has 2 heterocycles. The van der Waals surface area contributed by atoms with Crippen LogP contribution >= 0.6 is 0 Å². The molecule has 0 aliphatic carbocycles. The minimum Gasteiger partial charge on any atom is -0.328 e. The SMILES string of the molecule is CCc1cccnc1[C@@H](CC(=O)c1ccc(=O)[nH]c1)c1ccc(C(F)(F)F)cc1. The summed E-state index contributed by atoms with van der Waals surface area (Å²) in [5.74, 6) is -0.744. The van der Waals surface area contributed by atoms with E-state index in [2.05, 4.69) is 9.97 Å². The van der Waals surface area contributed by atoms with E-state index >= 15 is 0 Å². The van der Waals surface area contributed by atoms with Gasteiger partial charge in [-0.1, -0.05) is 25.1 Å². The highest BCUT2D eigenvalue weighted by Gasteiger charge is 2.31. The fourth-order valence-corrected chi connectivity index (χ4v) is 3.23. The van der Waals surface area contributed by atoms with Gasteiger partial charge in [-0.3, -0.25) is 14.6 Å². The Labute approximate surface area is 165 Å². The van der Waals surface area contributed by atoms with Crippen LogP contribution in [0.4, 0.5) is 13.2 Å². The van der Waals surface area contributed by atoms with Crippen LogP contribution in [0, 0.1) is 0 Å². The molecule has 7 heteroatoms. The molecule has 4 nitrogen and oxygen atoms in total. The zero-order valence-electron chi connectivity index (χ0n) is 15.7. The highest BCUT2D eigenvalue weighted by molar-refractivity contribution is 5.96. The summed E-state index contributed by atoms with van der Waals surface area (Å²) in [6, 6.07) is 11.2. The summed E-state index contributed by atoms with van der Waals surface area (Å²) < 4.78 is 38.8. The van der Waals surface area contributed by atoms with Crippen molar-refractivity contribution in [2.45, 2.75) is 31.9 Å². The number of hydrogen-bond acceptors (Lipinski definition) is 3. The van der Waals surface area contributed by atoms with Crippen molar-refractivity contribution in [3.05, 3.63) is 99.2 Å². The monoisotopic (exact) mass is 400 g/mol. The average Bonchev–Trinajstić information content (AvgIpc) is 2.72. The Hall–Kier alpha value is -3.22. The predicted octanol–water partition coefficient (Wildman–Crippen LogP) is 4.76. The van der Waals surface area contributed by atoms with Crippen molar-refractivity contribution in [2.75, 3.05) is 0 Å². The molecule has 0 saturated heterocycles. The Kier molecular flexibility index (Phi) is 5.96. The van der Waals surface area contributed by atoms with E-state index in [1.165, 1.54) is 30.5 Å². The lowest BCUT2D eigenvalue weighted by Crippen LogP contribution is -2.14. The van der Waals surface area contributed by atoms with Crippen LogP contribution in [0.1, 0.15) is 52.0 Å². The van der Waals surface area contributed by atoms with Crippen molar-refractivity contribution in [1.29, 1.82) is 0 Å². The van der Waals surface area contributed by atoms with E-state index in [9.17, 15) is 22.8 Å². The lowest BCUT2D eigenvalue weighted by molar-refractivity contribution is -0.137. The maximum atomic E-state index is 12.9. The van der Waals surface area contributed by atoms with Crippen molar-refractivity contribution in [3.8, 4) is 0 Å². The van der Waals surface area contributed by atoms with Gasteiger partial charge in [0.1, 0.15) is 0 Å². The first-order chi connectivity index (χ1) is 13.8. The Morgan fingerprint density at radius 2 is 1.83 bits per heavy atom. The smallest absolute Gasteiger partial charge is 0.328 e. The molecule has 0 fully saturated rings. The van der Waals surface area contributed by atoms with Gasteiger partial charge >= 0.3 is 6.18 Å². The average molecular weight is 400 g/mol. The second-order valence-corrected chi connectivity index (χ2v) is 6.64. The number of aromatic nitrogens is 2. The van der Waals surface area contributed by atoms with Crippen molar-refractivity contribution < 1.29 is 18.0 Å². The Morgan fingerprint density at radius 1 is 1.10 bits per heavy atom. The van der Waals surface area contributed by atoms with Crippen molar-refractivity contribution in [2.24, 2.45) is 0 Å². The maximum absolute atomic E-state index is 12.9. The molecule has 0 spiro atoms. The zero-order valence-corrected chi connectivity index (χ0v) is 15.7. The van der Waals surface area contributed by atoms with E-state index in [4.69, 9.17) is 0 Å². The first-order valence-electron chi connectivity index (χ1n) is 9.12. The standard InChI is InChI=1S/C22H19F3N2O2/c1-2-14-4-3-11-26-21(14)18(12-19(28)16-7-10-20(29)27-13-16)15-5-8-17(9-6-15)22(23,24)25/h3-11,13,18H,2,12H2,1H3,(H,27,29)/t18-/m0/s1. The highest BCUT2D eigenvalue weighted by atomic mass is 19.4. The summed E-state index contributed by atoms with van der Waals surface area (Å²) in [7, 11) is 0. The van der Waals surface area contributed by atoms with Crippen LogP contribution in [-0.4, -0.2) is 15.8 Å². The fourth-order valence-electron chi connectivity index (χ4n) is 3.23. The third-order valence-corrected chi connectivity index (χ3v) is 4.77. The van der Waals surface area contributed by atoms with E-state index < -0.39 is 17.7 Å². The summed E-state index contributed by atoms with van der Waals surface area (Å²) in [6.07, 6.45) is -0.794. The molecule has 2 aromatic heterocycles. The summed E-state index contributed by atoms with van der Waals surface area (Å²) in [6.45, 7) is 1.95. The van der Waals surface area contributed by atoms with Gasteiger partial charge in [-0.2, -0.15) is 13.2 Å². The number of ketones is 1. The molecule has 1 N–H and O–H groups in total. The molecule has 0 radical (unpaired) electrons. The number of carbonyl (C=O) groups is 1. The van der Waals surface area contributed by atoms with Crippen LogP contribution in [0.25, 0.3) is 0 Å². The van der Waals surface area contributed by atoms with Crippen LogP contribution in [0.5, 0.6) is 0 Å². The number of carbonyl (C=O) groups excluding carboxylic acids is 1. The molecular formula is C22H19F3N2O2. The minimum atomic E-state index is -4.43. The number of halogens is 3. The number of aromatic amines is 1. The summed E-state index contributed by atoms with van der Waals surface area (Å²) >= 11 is 0. The number of Topliss-reactive ketones (excluding diaryl/α,β-unsaturated/α-hetero) is 1. The molecule has 1 atom stereocenters. The molecule has 3 aromatic rings. The third kappa shape index (κ3) is 4.80. The number of alkyl halides is 3. The summed E-state index contributed by atoms with van der Waals surface area (Å²) in [5.41, 5.74) is 1.42. The molecule has 3 rings (SSSR count). The van der Waals surface area contributed by atoms with Crippen LogP contribution in [0.3, 0.4) is 0 Å². The van der Waals surface area contributed by atoms with Gasteiger partial charge in [0.25, 0.3) is 0 Å². The molecular weight excluding hydrogens is 381 g/mol. The molecule has 0 aliphatic rings. The Bertz CT molecular complexity index is 1040. The van der Waals surface area contributed by atoms with Gasteiger partial charge in [-0.25, -0.2) is 0 Å². The summed E-state index contributed by atoms with van der Waals surface area (Å²) in [4.78, 5) is 30.9. The number of pyridine rings is 2. The van der Waals surface area contributed by atoms with Gasteiger partial charge in [0.2, 0.25) is 5.56 Å². The number of rotatable bonds is 6. The number of hydrogen-bond donors (Lipinski definition) is 1. The topological polar surface area (TPSA) is 62.8 Å². The van der Waals surface area contributed by atoms with E-state index in [0.717, 1.165) is 17.7 Å². The van der Waals surface area contributed by atoms with E-state index in [-0.39, 0.29) is 17.8 Å².